The van der Waals surface area contributed by atoms with Gasteiger partial charge in [0.1, 0.15) is 12.6 Å². The summed E-state index contributed by atoms with van der Waals surface area (Å²) in [5.41, 5.74) is 3.50. The average Bonchev–Trinajstić information content (AvgIpc) is 3.69. The van der Waals surface area contributed by atoms with Crippen LogP contribution in [0.1, 0.15) is 41.5 Å². The van der Waals surface area contributed by atoms with Crippen molar-refractivity contribution in [2.24, 2.45) is 4.99 Å². The number of nitriles is 1. The van der Waals surface area contributed by atoms with Gasteiger partial charge < -0.3 is 14.8 Å². The van der Waals surface area contributed by atoms with Gasteiger partial charge in [-0.25, -0.2) is 4.99 Å². The molecule has 3 heterocycles. The lowest BCUT2D eigenvalue weighted by Crippen LogP contribution is -2.40. The van der Waals surface area contributed by atoms with Crippen molar-refractivity contribution in [1.29, 1.82) is 5.26 Å². The molecule has 0 radical (unpaired) electrons. The highest BCUT2D eigenvalue weighted by atomic mass is 32.1. The van der Waals surface area contributed by atoms with E-state index >= 15 is 0 Å². The van der Waals surface area contributed by atoms with E-state index in [0.29, 0.717) is 50.0 Å². The molecule has 1 amide bonds. The van der Waals surface area contributed by atoms with E-state index < -0.39 is 6.04 Å². The van der Waals surface area contributed by atoms with Crippen molar-refractivity contribution in [2.45, 2.75) is 26.5 Å². The largest absolute Gasteiger partial charge is 0.490 e. The van der Waals surface area contributed by atoms with E-state index in [-0.39, 0.29) is 18.1 Å². The van der Waals surface area contributed by atoms with Gasteiger partial charge in [-0.1, -0.05) is 59.9 Å². The standard InChI is InChI=1S/C35H28N4O4S2/c1-3-42-28-18-23(15-16-27(28)43-21-25-11-8-7-10-24(25)20-36)19-30-34(41)39-32(29-14-9-17-44-29)31(22(2)37-35(39)45-30)33(40)38-26-12-5-4-6-13-26/h4-19,32H,3,21H2,1-2H3,(H,38,40)/b30-19+/t32-/m0/s1. The molecule has 0 aliphatic carbocycles. The Morgan fingerprint density at radius 2 is 1.84 bits per heavy atom. The van der Waals surface area contributed by atoms with Crippen LogP contribution >= 0.6 is 22.7 Å². The summed E-state index contributed by atoms with van der Waals surface area (Å²) in [5.74, 6) is 0.760. The molecule has 8 nitrogen and oxygen atoms in total. The first kappa shape index (κ1) is 29.8. The molecule has 1 N–H and O–H groups in total. The van der Waals surface area contributed by atoms with Crippen molar-refractivity contribution in [3.05, 3.63) is 143 Å². The third-order valence-corrected chi connectivity index (χ3v) is 9.10. The lowest BCUT2D eigenvalue weighted by molar-refractivity contribution is -0.113. The van der Waals surface area contributed by atoms with Gasteiger partial charge in [0.05, 0.1) is 34.0 Å². The third kappa shape index (κ3) is 6.22. The number of carbonyl (C=O) groups is 1. The normalized spacial score (nSPS) is 14.3. The van der Waals surface area contributed by atoms with Crippen molar-refractivity contribution < 1.29 is 14.3 Å². The second kappa shape index (κ2) is 13.2. The van der Waals surface area contributed by atoms with Gasteiger partial charge in [0.15, 0.2) is 16.3 Å². The SMILES string of the molecule is CCOc1cc(/C=c2/sc3n(c2=O)[C@@H](c2cccs2)C(C(=O)Nc2ccccc2)=C(C)N=3)ccc1OCc1ccccc1C#N. The molecule has 1 aliphatic rings. The zero-order valence-corrected chi connectivity index (χ0v) is 26.2. The van der Waals surface area contributed by atoms with Crippen molar-refractivity contribution in [2.75, 3.05) is 11.9 Å². The van der Waals surface area contributed by atoms with Crippen LogP contribution < -0.4 is 29.7 Å². The van der Waals surface area contributed by atoms with Crippen LogP contribution in [0, 0.1) is 11.3 Å². The lowest BCUT2D eigenvalue weighted by atomic mass is 10.0. The first-order valence-electron chi connectivity index (χ1n) is 14.3. The van der Waals surface area contributed by atoms with Gasteiger partial charge in [0.2, 0.25) is 0 Å². The van der Waals surface area contributed by atoms with Crippen LogP contribution in [0.5, 0.6) is 11.5 Å². The number of anilines is 1. The monoisotopic (exact) mass is 632 g/mol. The minimum Gasteiger partial charge on any atom is -0.490 e. The summed E-state index contributed by atoms with van der Waals surface area (Å²) >= 11 is 2.77. The summed E-state index contributed by atoms with van der Waals surface area (Å²) in [6.45, 7) is 4.33. The Bertz CT molecular complexity index is 2120. The number of nitrogens with one attached hydrogen (secondary N) is 1. The number of carbonyl (C=O) groups excluding carboxylic acids is 1. The number of ether oxygens (including phenoxy) is 2. The molecule has 5 aromatic rings. The fraction of sp³-hybridized carbons (Fsp3) is 0.143. The van der Waals surface area contributed by atoms with Crippen LogP contribution in [0.25, 0.3) is 6.08 Å². The zero-order chi connectivity index (χ0) is 31.3. The van der Waals surface area contributed by atoms with Crippen LogP contribution in [-0.4, -0.2) is 17.1 Å². The molecule has 0 saturated heterocycles. The van der Waals surface area contributed by atoms with E-state index in [1.165, 1.54) is 22.7 Å². The smallest absolute Gasteiger partial charge is 0.271 e. The summed E-state index contributed by atoms with van der Waals surface area (Å²) in [4.78, 5) is 33.7. The van der Waals surface area contributed by atoms with Crippen molar-refractivity contribution in [1.82, 2.24) is 4.57 Å². The number of hydrogen-bond donors (Lipinski definition) is 1. The fourth-order valence-corrected chi connectivity index (χ4v) is 6.98. The van der Waals surface area contributed by atoms with Crippen LogP contribution in [0.2, 0.25) is 0 Å². The van der Waals surface area contributed by atoms with Gasteiger partial charge in [-0.15, -0.1) is 11.3 Å². The van der Waals surface area contributed by atoms with Crippen LogP contribution in [0.3, 0.4) is 0 Å². The average molecular weight is 633 g/mol. The minimum absolute atomic E-state index is 0.212. The topological polar surface area (TPSA) is 106 Å². The highest BCUT2D eigenvalue weighted by Crippen LogP contribution is 2.33. The number of amides is 1. The maximum atomic E-state index is 14.0. The summed E-state index contributed by atoms with van der Waals surface area (Å²) in [6, 6.07) is 27.4. The Balaban J connectivity index is 1.36. The van der Waals surface area contributed by atoms with Crippen LogP contribution in [0.15, 0.2) is 111 Å². The maximum absolute atomic E-state index is 14.0. The van der Waals surface area contributed by atoms with Gasteiger partial charge in [-0.05, 0) is 67.3 Å². The second-order valence-electron chi connectivity index (χ2n) is 10.1. The number of rotatable bonds is 9. The van der Waals surface area contributed by atoms with E-state index in [1.807, 2.05) is 85.1 Å². The van der Waals surface area contributed by atoms with Crippen molar-refractivity contribution in [3.63, 3.8) is 0 Å². The van der Waals surface area contributed by atoms with Crippen LogP contribution in [-0.2, 0) is 11.4 Å². The van der Waals surface area contributed by atoms with Gasteiger partial charge >= 0.3 is 0 Å². The molecule has 6 rings (SSSR count). The number of allylic oxidation sites excluding steroid dienone is 1. The molecule has 0 spiro atoms. The Labute approximate surface area is 267 Å². The lowest BCUT2D eigenvalue weighted by Gasteiger charge is -2.24. The molecule has 224 valence electrons. The molecular formula is C35H28N4O4S2. The van der Waals surface area contributed by atoms with Gasteiger partial charge in [0, 0.05) is 16.1 Å². The van der Waals surface area contributed by atoms with Gasteiger partial charge in [-0.3, -0.25) is 14.2 Å². The number of nitrogens with zero attached hydrogens (tertiary/aromatic N) is 3. The molecular weight excluding hydrogens is 605 g/mol. The molecule has 10 heteroatoms. The predicted octanol–water partition coefficient (Wildman–Crippen LogP) is 5.78. The number of benzene rings is 3. The summed E-state index contributed by atoms with van der Waals surface area (Å²) in [5, 5.41) is 14.3. The highest BCUT2D eigenvalue weighted by molar-refractivity contribution is 7.10. The third-order valence-electron chi connectivity index (χ3n) is 7.20. The van der Waals surface area contributed by atoms with Gasteiger partial charge in [-0.2, -0.15) is 5.26 Å². The molecule has 0 bridgehead atoms. The number of thiazole rings is 1. The predicted molar refractivity (Wildman–Crippen MR) is 176 cm³/mol. The van der Waals surface area contributed by atoms with E-state index in [0.717, 1.165) is 16.0 Å². The highest BCUT2D eigenvalue weighted by Gasteiger charge is 2.33. The minimum atomic E-state index is -0.613. The second-order valence-corrected chi connectivity index (χ2v) is 12.1. The molecule has 1 atom stereocenters. The number of fused-ring (bicyclic) bond motifs is 1. The van der Waals surface area contributed by atoms with E-state index in [4.69, 9.17) is 14.5 Å². The Kier molecular flexibility index (Phi) is 8.73. The van der Waals surface area contributed by atoms with E-state index in [1.54, 1.807) is 29.7 Å². The summed E-state index contributed by atoms with van der Waals surface area (Å²) in [7, 11) is 0. The van der Waals surface area contributed by atoms with Crippen LogP contribution in [0.4, 0.5) is 5.69 Å². The van der Waals surface area contributed by atoms with Crippen molar-refractivity contribution >= 4 is 40.3 Å². The molecule has 0 fully saturated rings. The molecule has 3 aromatic carbocycles. The Hall–Kier alpha value is -5.24. The fourth-order valence-electron chi connectivity index (χ4n) is 5.11. The molecule has 0 unspecified atom stereocenters. The number of hydrogen-bond acceptors (Lipinski definition) is 8. The molecule has 1 aliphatic heterocycles. The van der Waals surface area contributed by atoms with Gasteiger partial charge in [0.25, 0.3) is 11.5 Å². The summed E-state index contributed by atoms with van der Waals surface area (Å²) < 4.78 is 14.0. The van der Waals surface area contributed by atoms with E-state index in [2.05, 4.69) is 11.4 Å². The summed E-state index contributed by atoms with van der Waals surface area (Å²) in [6.07, 6.45) is 1.80. The Morgan fingerprint density at radius 1 is 1.04 bits per heavy atom. The van der Waals surface area contributed by atoms with Crippen molar-refractivity contribution in [3.8, 4) is 17.6 Å². The number of thiophene rings is 1. The number of para-hydroxylation sites is 1. The maximum Gasteiger partial charge on any atom is 0.271 e. The zero-order valence-electron chi connectivity index (χ0n) is 24.5. The molecule has 0 saturated carbocycles. The Morgan fingerprint density at radius 3 is 2.60 bits per heavy atom. The quantitative estimate of drug-likeness (QED) is 0.222. The molecule has 2 aromatic heterocycles. The first-order valence-corrected chi connectivity index (χ1v) is 16.0. The number of aromatic nitrogens is 1. The first-order chi connectivity index (χ1) is 22.0. The van der Waals surface area contributed by atoms with E-state index in [9.17, 15) is 14.9 Å². The molecule has 45 heavy (non-hydrogen) atoms.